The van der Waals surface area contributed by atoms with Crippen LogP contribution in [0.25, 0.3) is 0 Å². The summed E-state index contributed by atoms with van der Waals surface area (Å²) in [6.07, 6.45) is 7.51. The van der Waals surface area contributed by atoms with E-state index in [0.717, 1.165) is 44.1 Å². The number of hydrogen-bond donors (Lipinski definition) is 0. The SMILES string of the molecule is C=C1C#CC2=CCC[C@@H](OC(=O)CCCCCC1)[C@@H]2OC(C)=O. The van der Waals surface area contributed by atoms with Gasteiger partial charge in [-0.15, -0.1) is 0 Å². The van der Waals surface area contributed by atoms with Crippen molar-refractivity contribution in [3.8, 4) is 11.8 Å². The van der Waals surface area contributed by atoms with Gasteiger partial charge < -0.3 is 9.47 Å². The van der Waals surface area contributed by atoms with Crippen molar-refractivity contribution in [1.29, 1.82) is 0 Å². The van der Waals surface area contributed by atoms with Crippen LogP contribution in [0.3, 0.4) is 0 Å². The van der Waals surface area contributed by atoms with Gasteiger partial charge in [-0.2, -0.15) is 0 Å². The first-order chi connectivity index (χ1) is 11.1. The molecule has 0 spiro atoms. The standard InChI is InChI=1S/C19H24O4/c1-14-8-5-3-4-6-11-18(21)23-17-10-7-9-16(13-12-14)19(17)22-15(2)20/h9,17,19H,1,3-8,10-11H2,2H3/t17-,19-/m1/s1. The molecule has 2 bridgehead atoms. The number of carbonyl (C=O) groups excluding carboxylic acids is 2. The number of fused-ring (bicyclic) bond motifs is 2. The normalized spacial score (nSPS) is 26.0. The number of allylic oxidation sites excluding steroid dienone is 2. The van der Waals surface area contributed by atoms with Crippen molar-refractivity contribution in [3.05, 3.63) is 23.8 Å². The average Bonchev–Trinajstić information content (AvgIpc) is 2.49. The highest BCUT2D eigenvalue weighted by Gasteiger charge is 2.33. The van der Waals surface area contributed by atoms with Crippen molar-refractivity contribution in [2.45, 2.75) is 70.5 Å². The summed E-state index contributed by atoms with van der Waals surface area (Å²) in [4.78, 5) is 23.4. The van der Waals surface area contributed by atoms with E-state index in [9.17, 15) is 9.59 Å². The average molecular weight is 316 g/mol. The molecule has 0 N–H and O–H groups in total. The number of carbonyl (C=O) groups is 2. The molecule has 2 rings (SSSR count). The lowest BCUT2D eigenvalue weighted by atomic mass is 9.93. The first kappa shape index (κ1) is 17.3. The first-order valence-corrected chi connectivity index (χ1v) is 8.33. The smallest absolute Gasteiger partial charge is 0.306 e. The van der Waals surface area contributed by atoms with Gasteiger partial charge in [0.1, 0.15) is 6.10 Å². The lowest BCUT2D eigenvalue weighted by Gasteiger charge is -2.29. The van der Waals surface area contributed by atoms with Crippen LogP contribution in [-0.2, 0) is 19.1 Å². The second-order valence-corrected chi connectivity index (χ2v) is 6.06. The third-order valence-electron chi connectivity index (χ3n) is 4.03. The van der Waals surface area contributed by atoms with Crippen molar-refractivity contribution in [2.75, 3.05) is 0 Å². The number of rotatable bonds is 1. The van der Waals surface area contributed by atoms with Crippen LogP contribution in [0.2, 0.25) is 0 Å². The van der Waals surface area contributed by atoms with Gasteiger partial charge in [-0.3, -0.25) is 9.59 Å². The van der Waals surface area contributed by atoms with E-state index in [4.69, 9.17) is 9.47 Å². The number of hydrogen-bond acceptors (Lipinski definition) is 4. The Balaban J connectivity index is 2.23. The van der Waals surface area contributed by atoms with Gasteiger partial charge in [-0.05, 0) is 37.7 Å². The molecule has 0 saturated carbocycles. The maximum absolute atomic E-state index is 12.0. The van der Waals surface area contributed by atoms with Crippen LogP contribution < -0.4 is 0 Å². The van der Waals surface area contributed by atoms with E-state index in [-0.39, 0.29) is 5.97 Å². The molecule has 0 aromatic rings. The molecule has 0 saturated heterocycles. The predicted molar refractivity (Wildman–Crippen MR) is 87.4 cm³/mol. The molecule has 4 nitrogen and oxygen atoms in total. The maximum atomic E-state index is 12.0. The molecule has 1 heterocycles. The highest BCUT2D eigenvalue weighted by molar-refractivity contribution is 5.70. The highest BCUT2D eigenvalue weighted by Crippen LogP contribution is 2.25. The van der Waals surface area contributed by atoms with Crippen LogP contribution >= 0.6 is 0 Å². The summed E-state index contributed by atoms with van der Waals surface area (Å²) in [5, 5.41) is 0. The Kier molecular flexibility index (Phi) is 6.46. The minimum absolute atomic E-state index is 0.220. The minimum Gasteiger partial charge on any atom is -0.458 e. The van der Waals surface area contributed by atoms with Crippen molar-refractivity contribution in [3.63, 3.8) is 0 Å². The van der Waals surface area contributed by atoms with Gasteiger partial charge in [0.25, 0.3) is 0 Å². The zero-order valence-electron chi connectivity index (χ0n) is 13.7. The van der Waals surface area contributed by atoms with Crippen LogP contribution in [0.1, 0.15) is 58.3 Å². The first-order valence-electron chi connectivity index (χ1n) is 8.33. The molecule has 1 aliphatic heterocycles. The van der Waals surface area contributed by atoms with E-state index < -0.39 is 18.2 Å². The van der Waals surface area contributed by atoms with E-state index in [1.807, 2.05) is 6.08 Å². The van der Waals surface area contributed by atoms with Crippen LogP contribution in [0.4, 0.5) is 0 Å². The summed E-state index contributed by atoms with van der Waals surface area (Å²) in [6.45, 7) is 5.35. The van der Waals surface area contributed by atoms with Crippen LogP contribution in [0.5, 0.6) is 0 Å². The molecule has 0 fully saturated rings. The molecule has 1 aliphatic carbocycles. The summed E-state index contributed by atoms with van der Waals surface area (Å²) in [5.74, 6) is 5.51. The van der Waals surface area contributed by atoms with E-state index in [2.05, 4.69) is 18.4 Å². The van der Waals surface area contributed by atoms with Crippen LogP contribution in [0.15, 0.2) is 23.8 Å². The lowest BCUT2D eigenvalue weighted by Crippen LogP contribution is -2.38. The molecule has 0 unspecified atom stereocenters. The second kappa shape index (κ2) is 8.57. The van der Waals surface area contributed by atoms with Crippen LogP contribution in [0, 0.1) is 11.8 Å². The van der Waals surface area contributed by atoms with E-state index in [1.165, 1.54) is 6.92 Å². The third kappa shape index (κ3) is 5.59. The summed E-state index contributed by atoms with van der Waals surface area (Å²) in [5.41, 5.74) is 1.60. The lowest BCUT2D eigenvalue weighted by molar-refractivity contribution is -0.164. The summed E-state index contributed by atoms with van der Waals surface area (Å²) >= 11 is 0. The van der Waals surface area contributed by atoms with Crippen molar-refractivity contribution in [2.24, 2.45) is 0 Å². The number of ether oxygens (including phenoxy) is 2. The Hall–Kier alpha value is -2.02. The van der Waals surface area contributed by atoms with Gasteiger partial charge in [-0.25, -0.2) is 0 Å². The molecular weight excluding hydrogens is 292 g/mol. The summed E-state index contributed by atoms with van der Waals surface area (Å²) < 4.78 is 10.9. The topological polar surface area (TPSA) is 52.6 Å². The van der Waals surface area contributed by atoms with Gasteiger partial charge in [0.05, 0.1) is 0 Å². The van der Waals surface area contributed by atoms with Gasteiger partial charge >= 0.3 is 11.9 Å². The van der Waals surface area contributed by atoms with Crippen molar-refractivity contribution >= 4 is 11.9 Å². The van der Waals surface area contributed by atoms with Crippen molar-refractivity contribution < 1.29 is 19.1 Å². The van der Waals surface area contributed by atoms with Crippen LogP contribution in [-0.4, -0.2) is 24.1 Å². The van der Waals surface area contributed by atoms with Gasteiger partial charge in [0.2, 0.25) is 0 Å². The zero-order valence-corrected chi connectivity index (χ0v) is 13.7. The monoisotopic (exact) mass is 316 g/mol. The van der Waals surface area contributed by atoms with Gasteiger partial charge in [0, 0.05) is 18.9 Å². The third-order valence-corrected chi connectivity index (χ3v) is 4.03. The summed E-state index contributed by atoms with van der Waals surface area (Å²) in [6, 6.07) is 0. The Bertz CT molecular complexity index is 562. The maximum Gasteiger partial charge on any atom is 0.306 e. The Morgan fingerprint density at radius 3 is 2.74 bits per heavy atom. The summed E-state index contributed by atoms with van der Waals surface area (Å²) in [7, 11) is 0. The predicted octanol–water partition coefficient (Wildman–Crippen LogP) is 3.46. The van der Waals surface area contributed by atoms with Gasteiger partial charge in [0.15, 0.2) is 6.10 Å². The van der Waals surface area contributed by atoms with E-state index >= 15 is 0 Å². The molecule has 23 heavy (non-hydrogen) atoms. The largest absolute Gasteiger partial charge is 0.458 e. The molecule has 2 atom stereocenters. The molecule has 4 heteroatoms. The molecule has 2 aliphatic rings. The Morgan fingerprint density at radius 1 is 1.26 bits per heavy atom. The molecule has 0 amide bonds. The fraction of sp³-hybridized carbons (Fsp3) is 0.579. The molecule has 124 valence electrons. The number of esters is 2. The fourth-order valence-electron chi connectivity index (χ4n) is 2.84. The Morgan fingerprint density at radius 2 is 2.00 bits per heavy atom. The quantitative estimate of drug-likeness (QED) is 0.549. The molecule has 0 aromatic carbocycles. The Labute approximate surface area is 137 Å². The van der Waals surface area contributed by atoms with Crippen molar-refractivity contribution in [1.82, 2.24) is 0 Å². The minimum atomic E-state index is -0.603. The van der Waals surface area contributed by atoms with Gasteiger partial charge in [-0.1, -0.05) is 37.3 Å². The highest BCUT2D eigenvalue weighted by atomic mass is 16.6. The van der Waals surface area contributed by atoms with E-state index in [0.29, 0.717) is 18.4 Å². The molecule has 0 aromatic heterocycles. The second-order valence-electron chi connectivity index (χ2n) is 6.06. The van der Waals surface area contributed by atoms with E-state index in [1.54, 1.807) is 0 Å². The fourth-order valence-corrected chi connectivity index (χ4v) is 2.84. The molecular formula is C19H24O4. The molecule has 0 radical (unpaired) electrons. The zero-order chi connectivity index (χ0) is 16.7.